The number of pyridine rings is 1. The minimum atomic E-state index is -1.17. The Kier molecular flexibility index (Phi) is 6.01. The van der Waals surface area contributed by atoms with Crippen LogP contribution in [0.4, 0.5) is 0 Å². The van der Waals surface area contributed by atoms with Crippen LogP contribution in [0.25, 0.3) is 0 Å². The fourth-order valence-corrected chi connectivity index (χ4v) is 6.25. The van der Waals surface area contributed by atoms with Gasteiger partial charge in [0.1, 0.15) is 11.3 Å². The number of carbonyl (C=O) groups excluding carboxylic acids is 1. The van der Waals surface area contributed by atoms with Crippen molar-refractivity contribution in [2.75, 3.05) is 13.6 Å². The number of nitrogens with one attached hydrogen (secondary N) is 2. The molecule has 1 unspecified atom stereocenters. The number of likely N-dealkylation sites (tertiary alicyclic amines) is 1. The molecule has 2 aliphatic rings. The van der Waals surface area contributed by atoms with Crippen LogP contribution in [0, 0.1) is 6.92 Å². The molecule has 7 heteroatoms. The minimum absolute atomic E-state index is 0.0473. The van der Waals surface area contributed by atoms with Gasteiger partial charge in [-0.1, -0.05) is 36.4 Å². The highest BCUT2D eigenvalue weighted by Gasteiger charge is 2.60. The molecule has 1 aliphatic heterocycles. The summed E-state index contributed by atoms with van der Waals surface area (Å²) in [5, 5.41) is 25.6. The standard InChI is InChI=1S/C29H33N3O4/c1-18-9-10-22(33)14-24(18)28-11-12-32(3)19(2)29(28,36)15-21-13-23(27(35)31-25(21)16-28)26(34)30-17-20-7-5-4-6-8-20/h4-10,13-14,19,33,36H,11-12,15-17H2,1-3H3,(H,30,34)(H,31,35)/t19?,28-,29-/m1/s1. The van der Waals surface area contributed by atoms with Crippen molar-refractivity contribution < 1.29 is 15.0 Å². The molecule has 0 spiro atoms. The lowest BCUT2D eigenvalue weighted by molar-refractivity contribution is -0.132. The number of nitrogens with zero attached hydrogens (tertiary/aromatic N) is 1. The molecular weight excluding hydrogens is 454 g/mol. The normalized spacial score (nSPS) is 25.6. The molecular formula is C29H33N3O4. The van der Waals surface area contributed by atoms with Crippen LogP contribution in [0.2, 0.25) is 0 Å². The number of H-pyrrole nitrogens is 1. The zero-order valence-corrected chi connectivity index (χ0v) is 21.0. The van der Waals surface area contributed by atoms with Crippen LogP contribution >= 0.6 is 0 Å². The van der Waals surface area contributed by atoms with Crippen LogP contribution in [0.15, 0.2) is 59.4 Å². The van der Waals surface area contributed by atoms with Crippen LogP contribution in [0.1, 0.15) is 51.7 Å². The Hall–Kier alpha value is -3.42. The number of fused-ring (bicyclic) bond motifs is 2. The van der Waals surface area contributed by atoms with Gasteiger partial charge in [-0.25, -0.2) is 0 Å². The summed E-state index contributed by atoms with van der Waals surface area (Å²) in [4.78, 5) is 31.1. The Morgan fingerprint density at radius 3 is 2.67 bits per heavy atom. The van der Waals surface area contributed by atoms with E-state index in [0.29, 0.717) is 25.8 Å². The van der Waals surface area contributed by atoms with Crippen molar-refractivity contribution in [3.8, 4) is 5.75 Å². The lowest BCUT2D eigenvalue weighted by atomic mass is 9.53. The Balaban J connectivity index is 1.56. The van der Waals surface area contributed by atoms with E-state index in [1.165, 1.54) is 0 Å². The van der Waals surface area contributed by atoms with Crippen LogP contribution in [-0.4, -0.2) is 51.2 Å². The van der Waals surface area contributed by atoms with Crippen molar-refractivity contribution in [1.82, 2.24) is 15.2 Å². The zero-order valence-electron chi connectivity index (χ0n) is 21.0. The molecule has 1 aliphatic carbocycles. The molecule has 4 N–H and O–H groups in total. The number of piperidine rings is 1. The van der Waals surface area contributed by atoms with Crippen molar-refractivity contribution in [1.29, 1.82) is 0 Å². The topological polar surface area (TPSA) is 106 Å². The Labute approximate surface area is 210 Å². The number of phenols is 1. The molecule has 3 aromatic rings. The van der Waals surface area contributed by atoms with Crippen LogP contribution < -0.4 is 10.9 Å². The first-order valence-electron chi connectivity index (χ1n) is 12.4. The van der Waals surface area contributed by atoms with Crippen molar-refractivity contribution in [3.05, 3.63) is 98.5 Å². The molecule has 2 heterocycles. The minimum Gasteiger partial charge on any atom is -0.508 e. The first-order chi connectivity index (χ1) is 17.1. The third-order valence-electron chi connectivity index (χ3n) is 8.50. The van der Waals surface area contributed by atoms with E-state index in [9.17, 15) is 19.8 Å². The van der Waals surface area contributed by atoms with Gasteiger partial charge in [-0.15, -0.1) is 0 Å². The third-order valence-corrected chi connectivity index (χ3v) is 8.50. The van der Waals surface area contributed by atoms with Crippen LogP contribution in [0.3, 0.4) is 0 Å². The molecule has 5 rings (SSSR count). The maximum Gasteiger partial charge on any atom is 0.261 e. The molecule has 7 nitrogen and oxygen atoms in total. The van der Waals surface area contributed by atoms with Gasteiger partial charge in [0.15, 0.2) is 0 Å². The number of likely N-dealkylation sites (N-methyl/N-ethyl adjacent to an activating group) is 1. The Morgan fingerprint density at radius 2 is 1.92 bits per heavy atom. The fourth-order valence-electron chi connectivity index (χ4n) is 6.25. The molecule has 0 bridgehead atoms. The summed E-state index contributed by atoms with van der Waals surface area (Å²) < 4.78 is 0. The van der Waals surface area contributed by atoms with Gasteiger partial charge < -0.3 is 25.4 Å². The number of hydrogen-bond donors (Lipinski definition) is 4. The fraction of sp³-hybridized carbons (Fsp3) is 0.379. The van der Waals surface area contributed by atoms with Crippen molar-refractivity contribution in [2.24, 2.45) is 0 Å². The SMILES string of the molecule is Cc1ccc(O)cc1[C@]12CCN(C)C(C)[C@]1(O)Cc1cc(C(=O)NCc3ccccc3)c(=O)[nH]c1C2. The second-order valence-electron chi connectivity index (χ2n) is 10.4. The number of aromatic nitrogens is 1. The number of aryl methyl sites for hydroxylation is 1. The molecule has 188 valence electrons. The number of carbonyl (C=O) groups is 1. The smallest absolute Gasteiger partial charge is 0.261 e. The van der Waals surface area contributed by atoms with E-state index < -0.39 is 22.5 Å². The average Bonchev–Trinajstić information content (AvgIpc) is 2.86. The molecule has 1 saturated heterocycles. The number of aromatic amines is 1. The number of phenolic OH excluding ortho intramolecular Hbond substituents is 1. The van der Waals surface area contributed by atoms with Gasteiger partial charge in [-0.2, -0.15) is 0 Å². The summed E-state index contributed by atoms with van der Waals surface area (Å²) in [6, 6.07) is 16.3. The molecule has 1 fully saturated rings. The largest absolute Gasteiger partial charge is 0.508 e. The van der Waals surface area contributed by atoms with Crippen molar-refractivity contribution in [3.63, 3.8) is 0 Å². The highest BCUT2D eigenvalue weighted by molar-refractivity contribution is 5.94. The zero-order chi connectivity index (χ0) is 25.7. The number of rotatable bonds is 4. The Bertz CT molecular complexity index is 1370. The van der Waals surface area contributed by atoms with Gasteiger partial charge in [0, 0.05) is 36.5 Å². The second-order valence-corrected chi connectivity index (χ2v) is 10.4. The molecule has 0 saturated carbocycles. The van der Waals surface area contributed by atoms with Gasteiger partial charge in [0.25, 0.3) is 11.5 Å². The van der Waals surface area contributed by atoms with Crippen molar-refractivity contribution in [2.45, 2.75) is 56.7 Å². The van der Waals surface area contributed by atoms with E-state index in [-0.39, 0.29) is 17.4 Å². The summed E-state index contributed by atoms with van der Waals surface area (Å²) in [5.41, 5.74) is 2.11. The van der Waals surface area contributed by atoms with Crippen molar-refractivity contribution >= 4 is 5.91 Å². The molecule has 36 heavy (non-hydrogen) atoms. The second kappa shape index (κ2) is 8.91. The van der Waals surface area contributed by atoms with E-state index in [1.807, 2.05) is 57.3 Å². The first kappa shape index (κ1) is 24.3. The third kappa shape index (κ3) is 3.83. The van der Waals surface area contributed by atoms with Crippen LogP contribution in [-0.2, 0) is 24.8 Å². The summed E-state index contributed by atoms with van der Waals surface area (Å²) in [6.45, 7) is 5.11. The molecule has 1 aromatic heterocycles. The number of aliphatic hydroxyl groups is 1. The van der Waals surface area contributed by atoms with Gasteiger partial charge >= 0.3 is 0 Å². The van der Waals surface area contributed by atoms with E-state index >= 15 is 0 Å². The van der Waals surface area contributed by atoms with Gasteiger partial charge in [-0.05, 0) is 74.3 Å². The monoisotopic (exact) mass is 487 g/mol. The predicted octanol–water partition coefficient (Wildman–Crippen LogP) is 2.81. The highest BCUT2D eigenvalue weighted by atomic mass is 16.3. The van der Waals surface area contributed by atoms with E-state index in [4.69, 9.17) is 0 Å². The summed E-state index contributed by atoms with van der Waals surface area (Å²) >= 11 is 0. The lowest BCUT2D eigenvalue weighted by Crippen LogP contribution is -2.70. The molecule has 1 amide bonds. The quantitative estimate of drug-likeness (QED) is 0.453. The number of amides is 1. The Morgan fingerprint density at radius 1 is 1.17 bits per heavy atom. The molecule has 2 aromatic carbocycles. The summed E-state index contributed by atoms with van der Waals surface area (Å²) in [7, 11) is 2.01. The van der Waals surface area contributed by atoms with Crippen LogP contribution in [0.5, 0.6) is 5.75 Å². The van der Waals surface area contributed by atoms with Gasteiger partial charge in [0.05, 0.1) is 5.60 Å². The van der Waals surface area contributed by atoms with E-state index in [0.717, 1.165) is 34.5 Å². The maximum absolute atomic E-state index is 13.0. The van der Waals surface area contributed by atoms with E-state index in [2.05, 4.69) is 15.2 Å². The first-order valence-corrected chi connectivity index (χ1v) is 12.4. The lowest BCUT2D eigenvalue weighted by Gasteiger charge is -2.59. The predicted molar refractivity (Wildman–Crippen MR) is 138 cm³/mol. The average molecular weight is 488 g/mol. The highest BCUT2D eigenvalue weighted by Crippen LogP contribution is 2.53. The number of benzene rings is 2. The van der Waals surface area contributed by atoms with Gasteiger partial charge in [-0.3, -0.25) is 9.59 Å². The maximum atomic E-state index is 13.0. The van der Waals surface area contributed by atoms with E-state index in [1.54, 1.807) is 18.2 Å². The molecule has 0 radical (unpaired) electrons. The van der Waals surface area contributed by atoms with Gasteiger partial charge in [0.2, 0.25) is 0 Å². The number of aromatic hydroxyl groups is 1. The summed E-state index contributed by atoms with van der Waals surface area (Å²) in [6.07, 6.45) is 1.39. The summed E-state index contributed by atoms with van der Waals surface area (Å²) in [5.74, 6) is -0.284. The molecule has 3 atom stereocenters. The number of hydrogen-bond acceptors (Lipinski definition) is 5.